The van der Waals surface area contributed by atoms with Gasteiger partial charge < -0.3 is 19.1 Å². The molecule has 0 saturated carbocycles. The van der Waals surface area contributed by atoms with Gasteiger partial charge in [0.15, 0.2) is 17.3 Å². The lowest BCUT2D eigenvalue weighted by Gasteiger charge is -2.09. The van der Waals surface area contributed by atoms with E-state index >= 15 is 0 Å². The van der Waals surface area contributed by atoms with Crippen molar-refractivity contribution in [1.82, 2.24) is 4.57 Å². The van der Waals surface area contributed by atoms with E-state index in [9.17, 15) is 14.7 Å². The summed E-state index contributed by atoms with van der Waals surface area (Å²) in [5.41, 5.74) is 0.496. The van der Waals surface area contributed by atoms with Crippen LogP contribution in [0.3, 0.4) is 0 Å². The van der Waals surface area contributed by atoms with Crippen LogP contribution in [0, 0.1) is 0 Å². The molecule has 2 heterocycles. The standard InChI is InChI=1S/C20H15NO5/c1-21-14-5-3-2-4-13(14)19(23)18(20(21)24)15(22)8-6-12-7-9-16-17(10-12)26-11-25-16/h2-10,23H,11H2,1H3. The number of hydrogen-bond donors (Lipinski definition) is 1. The number of carbonyl (C=O) groups excluding carboxylic acids is 1. The third-order valence-corrected chi connectivity index (χ3v) is 4.35. The van der Waals surface area contributed by atoms with Gasteiger partial charge in [-0.3, -0.25) is 9.59 Å². The second-order valence-electron chi connectivity index (χ2n) is 5.92. The van der Waals surface area contributed by atoms with Crippen LogP contribution in [0.25, 0.3) is 17.0 Å². The van der Waals surface area contributed by atoms with Crippen LogP contribution in [-0.4, -0.2) is 22.2 Å². The van der Waals surface area contributed by atoms with E-state index in [1.165, 1.54) is 10.6 Å². The molecule has 0 spiro atoms. The van der Waals surface area contributed by atoms with Crippen molar-refractivity contribution in [2.45, 2.75) is 0 Å². The molecule has 4 rings (SSSR count). The lowest BCUT2D eigenvalue weighted by atomic mass is 10.1. The smallest absolute Gasteiger partial charge is 0.265 e. The summed E-state index contributed by atoms with van der Waals surface area (Å²) < 4.78 is 11.9. The van der Waals surface area contributed by atoms with Gasteiger partial charge in [0.25, 0.3) is 5.56 Å². The predicted molar refractivity (Wildman–Crippen MR) is 96.8 cm³/mol. The Morgan fingerprint density at radius 2 is 1.92 bits per heavy atom. The fourth-order valence-corrected chi connectivity index (χ4v) is 2.97. The number of ether oxygens (including phenoxy) is 2. The molecule has 6 nitrogen and oxygen atoms in total. The first kappa shape index (κ1) is 16.0. The predicted octanol–water partition coefficient (Wildman–Crippen LogP) is 2.87. The van der Waals surface area contributed by atoms with E-state index in [2.05, 4.69) is 0 Å². The van der Waals surface area contributed by atoms with Crippen LogP contribution < -0.4 is 15.0 Å². The normalized spacial score (nSPS) is 12.8. The SMILES string of the molecule is Cn1c(=O)c(C(=O)C=Cc2ccc3c(c2)OCO3)c(O)c2ccccc21. The monoisotopic (exact) mass is 349 g/mol. The van der Waals surface area contributed by atoms with Crippen molar-refractivity contribution in [3.8, 4) is 17.2 Å². The molecule has 1 aliphatic rings. The number of para-hydroxylation sites is 1. The number of aromatic hydroxyl groups is 1. The number of ketones is 1. The van der Waals surface area contributed by atoms with Crippen LogP contribution in [0.1, 0.15) is 15.9 Å². The molecule has 0 atom stereocenters. The Hall–Kier alpha value is -3.54. The molecule has 0 fully saturated rings. The maximum absolute atomic E-state index is 12.6. The molecule has 0 unspecified atom stereocenters. The summed E-state index contributed by atoms with van der Waals surface area (Å²) in [7, 11) is 1.57. The molecular weight excluding hydrogens is 334 g/mol. The van der Waals surface area contributed by atoms with E-state index in [1.807, 2.05) is 0 Å². The van der Waals surface area contributed by atoms with Crippen molar-refractivity contribution >= 4 is 22.8 Å². The highest BCUT2D eigenvalue weighted by molar-refractivity contribution is 6.11. The number of aryl methyl sites for hydroxylation is 1. The van der Waals surface area contributed by atoms with Crippen LogP contribution in [0.5, 0.6) is 17.2 Å². The van der Waals surface area contributed by atoms with Gasteiger partial charge >= 0.3 is 0 Å². The highest BCUT2D eigenvalue weighted by atomic mass is 16.7. The number of aromatic nitrogens is 1. The van der Waals surface area contributed by atoms with Gasteiger partial charge in [0.2, 0.25) is 6.79 Å². The second kappa shape index (κ2) is 6.07. The third-order valence-electron chi connectivity index (χ3n) is 4.35. The molecule has 6 heteroatoms. The number of carbonyl (C=O) groups is 1. The van der Waals surface area contributed by atoms with Crippen molar-refractivity contribution in [2.75, 3.05) is 6.79 Å². The zero-order valence-electron chi connectivity index (χ0n) is 13.9. The lowest BCUT2D eigenvalue weighted by Crippen LogP contribution is -2.24. The Morgan fingerprint density at radius 3 is 2.77 bits per heavy atom. The molecule has 0 radical (unpaired) electrons. The van der Waals surface area contributed by atoms with Gasteiger partial charge in [-0.25, -0.2) is 0 Å². The van der Waals surface area contributed by atoms with Crippen molar-refractivity contribution < 1.29 is 19.4 Å². The highest BCUT2D eigenvalue weighted by Gasteiger charge is 2.19. The Bertz CT molecular complexity index is 1130. The summed E-state index contributed by atoms with van der Waals surface area (Å²) >= 11 is 0. The highest BCUT2D eigenvalue weighted by Crippen LogP contribution is 2.33. The van der Waals surface area contributed by atoms with Crippen molar-refractivity contribution in [1.29, 1.82) is 0 Å². The quantitative estimate of drug-likeness (QED) is 0.581. The van der Waals surface area contributed by atoms with Crippen molar-refractivity contribution in [3.63, 3.8) is 0 Å². The molecule has 130 valence electrons. The number of benzene rings is 2. The molecule has 0 amide bonds. The molecule has 1 N–H and O–H groups in total. The molecule has 1 aromatic heterocycles. The summed E-state index contributed by atoms with van der Waals surface area (Å²) in [6.07, 6.45) is 2.83. The van der Waals surface area contributed by atoms with E-state index in [0.29, 0.717) is 22.4 Å². The minimum Gasteiger partial charge on any atom is -0.506 e. The molecule has 0 bridgehead atoms. The largest absolute Gasteiger partial charge is 0.506 e. The molecule has 2 aromatic carbocycles. The lowest BCUT2D eigenvalue weighted by molar-refractivity contribution is 0.104. The Morgan fingerprint density at radius 1 is 1.15 bits per heavy atom. The number of fused-ring (bicyclic) bond motifs is 2. The van der Waals surface area contributed by atoms with Crippen LogP contribution in [-0.2, 0) is 7.05 Å². The maximum atomic E-state index is 12.6. The first-order chi connectivity index (χ1) is 12.6. The first-order valence-electron chi connectivity index (χ1n) is 7.99. The van der Waals surface area contributed by atoms with Gasteiger partial charge in [0, 0.05) is 12.4 Å². The number of pyridine rings is 1. The Balaban J connectivity index is 1.74. The van der Waals surface area contributed by atoms with Gasteiger partial charge in [0.05, 0.1) is 5.52 Å². The van der Waals surface area contributed by atoms with E-state index in [1.54, 1.807) is 55.6 Å². The number of nitrogens with zero attached hydrogens (tertiary/aromatic N) is 1. The van der Waals surface area contributed by atoms with Crippen molar-refractivity contribution in [2.24, 2.45) is 7.05 Å². The average molecular weight is 349 g/mol. The number of allylic oxidation sites excluding steroid dienone is 1. The third kappa shape index (κ3) is 2.52. The molecule has 1 aliphatic heterocycles. The summed E-state index contributed by atoms with van der Waals surface area (Å²) in [5, 5.41) is 10.9. The van der Waals surface area contributed by atoms with Gasteiger partial charge in [-0.2, -0.15) is 0 Å². The topological polar surface area (TPSA) is 77.8 Å². The minimum atomic E-state index is -0.563. The van der Waals surface area contributed by atoms with Crippen LogP contribution >= 0.6 is 0 Å². The molecule has 26 heavy (non-hydrogen) atoms. The first-order valence-corrected chi connectivity index (χ1v) is 7.99. The Kier molecular flexibility index (Phi) is 3.73. The molecule has 0 aliphatic carbocycles. The summed E-state index contributed by atoms with van der Waals surface area (Å²) in [6.45, 7) is 0.169. The van der Waals surface area contributed by atoms with E-state index in [4.69, 9.17) is 9.47 Å². The van der Waals surface area contributed by atoms with Crippen molar-refractivity contribution in [3.05, 3.63) is 70.0 Å². The Labute approximate surface area is 148 Å². The number of rotatable bonds is 3. The van der Waals surface area contributed by atoms with Gasteiger partial charge in [-0.1, -0.05) is 24.3 Å². The van der Waals surface area contributed by atoms with Crippen LogP contribution in [0.4, 0.5) is 0 Å². The second-order valence-corrected chi connectivity index (χ2v) is 5.92. The van der Waals surface area contributed by atoms with E-state index in [-0.39, 0.29) is 18.1 Å². The van der Waals surface area contributed by atoms with E-state index in [0.717, 1.165) is 5.56 Å². The fraction of sp³-hybridized carbons (Fsp3) is 0.100. The number of hydrogen-bond acceptors (Lipinski definition) is 5. The molecule has 3 aromatic rings. The fourth-order valence-electron chi connectivity index (χ4n) is 2.97. The van der Waals surface area contributed by atoms with Crippen LogP contribution in [0.2, 0.25) is 0 Å². The zero-order valence-corrected chi connectivity index (χ0v) is 13.9. The summed E-state index contributed by atoms with van der Waals surface area (Å²) in [6, 6.07) is 12.2. The summed E-state index contributed by atoms with van der Waals surface area (Å²) in [5.74, 6) is 0.383. The maximum Gasteiger partial charge on any atom is 0.265 e. The van der Waals surface area contributed by atoms with Gasteiger partial charge in [-0.15, -0.1) is 0 Å². The van der Waals surface area contributed by atoms with Gasteiger partial charge in [-0.05, 0) is 35.9 Å². The summed E-state index contributed by atoms with van der Waals surface area (Å²) in [4.78, 5) is 25.1. The van der Waals surface area contributed by atoms with Gasteiger partial charge in [0.1, 0.15) is 11.3 Å². The average Bonchev–Trinajstić information content (AvgIpc) is 3.12. The van der Waals surface area contributed by atoms with E-state index < -0.39 is 11.3 Å². The minimum absolute atomic E-state index is 0.169. The van der Waals surface area contributed by atoms with Crippen LogP contribution in [0.15, 0.2) is 53.3 Å². The zero-order chi connectivity index (χ0) is 18.3. The molecule has 0 saturated heterocycles. The molecular formula is C20H15NO5.